The highest BCUT2D eigenvalue weighted by atomic mass is 79.9. The van der Waals surface area contributed by atoms with Crippen molar-refractivity contribution in [3.8, 4) is 0 Å². The van der Waals surface area contributed by atoms with Gasteiger partial charge in [0.2, 0.25) is 11.5 Å². The fourth-order valence-corrected chi connectivity index (χ4v) is 2.06. The van der Waals surface area contributed by atoms with Crippen LogP contribution in [-0.2, 0) is 7.05 Å². The molecular formula is C13H10BrN3O3. The lowest BCUT2D eigenvalue weighted by Crippen LogP contribution is -2.01. The van der Waals surface area contributed by atoms with Gasteiger partial charge >= 0.3 is 5.69 Å². The van der Waals surface area contributed by atoms with Crippen LogP contribution in [0.3, 0.4) is 0 Å². The van der Waals surface area contributed by atoms with Gasteiger partial charge in [-0.15, -0.1) is 0 Å². The van der Waals surface area contributed by atoms with Gasteiger partial charge in [-0.25, -0.2) is 0 Å². The van der Waals surface area contributed by atoms with Crippen LogP contribution in [0.25, 0.3) is 6.08 Å². The van der Waals surface area contributed by atoms with Gasteiger partial charge in [0.1, 0.15) is 6.20 Å². The molecule has 2 rings (SSSR count). The summed E-state index contributed by atoms with van der Waals surface area (Å²) in [5.74, 6) is -0.506. The maximum atomic E-state index is 12.0. The second kappa shape index (κ2) is 5.79. The first-order chi connectivity index (χ1) is 9.49. The minimum atomic E-state index is -0.619. The molecule has 0 saturated heterocycles. The maximum Gasteiger partial charge on any atom is 0.318 e. The van der Waals surface area contributed by atoms with Crippen LogP contribution in [-0.4, -0.2) is 20.5 Å². The van der Waals surface area contributed by atoms with Crippen molar-refractivity contribution in [1.82, 2.24) is 9.78 Å². The highest BCUT2D eigenvalue weighted by molar-refractivity contribution is 9.10. The summed E-state index contributed by atoms with van der Waals surface area (Å²) in [7, 11) is 1.53. The number of allylic oxidation sites excluding steroid dienone is 1. The van der Waals surface area contributed by atoms with Crippen LogP contribution in [0, 0.1) is 10.1 Å². The first kappa shape index (κ1) is 14.1. The van der Waals surface area contributed by atoms with Crippen molar-refractivity contribution < 1.29 is 9.72 Å². The third kappa shape index (κ3) is 3.00. The quantitative estimate of drug-likeness (QED) is 0.372. The zero-order chi connectivity index (χ0) is 14.7. The fourth-order valence-electron chi connectivity index (χ4n) is 1.64. The maximum absolute atomic E-state index is 12.0. The summed E-state index contributed by atoms with van der Waals surface area (Å²) < 4.78 is 2.08. The number of halogens is 1. The van der Waals surface area contributed by atoms with Crippen LogP contribution in [0.1, 0.15) is 16.1 Å². The molecule has 0 atom stereocenters. The number of carbonyl (C=O) groups is 1. The number of hydrogen-bond donors (Lipinski definition) is 0. The van der Waals surface area contributed by atoms with E-state index in [1.807, 2.05) is 24.3 Å². The number of benzene rings is 1. The zero-order valence-electron chi connectivity index (χ0n) is 10.5. The summed E-state index contributed by atoms with van der Waals surface area (Å²) in [5.41, 5.74) is 0.342. The molecule has 0 N–H and O–H groups in total. The Hall–Kier alpha value is -2.28. The number of aromatic nitrogens is 2. The Kier molecular flexibility index (Phi) is 4.09. The van der Waals surface area contributed by atoms with Crippen LogP contribution in [0.2, 0.25) is 0 Å². The first-order valence-corrected chi connectivity index (χ1v) is 6.43. The van der Waals surface area contributed by atoms with Crippen LogP contribution < -0.4 is 0 Å². The van der Waals surface area contributed by atoms with E-state index in [1.165, 1.54) is 24.0 Å². The van der Waals surface area contributed by atoms with Gasteiger partial charge in [-0.2, -0.15) is 5.10 Å². The van der Waals surface area contributed by atoms with Crippen LogP contribution in [0.5, 0.6) is 0 Å². The van der Waals surface area contributed by atoms with Crippen LogP contribution >= 0.6 is 15.9 Å². The lowest BCUT2D eigenvalue weighted by Gasteiger charge is -1.96. The van der Waals surface area contributed by atoms with Crippen molar-refractivity contribution >= 4 is 33.5 Å². The van der Waals surface area contributed by atoms with Crippen molar-refractivity contribution in [2.24, 2.45) is 7.05 Å². The minimum Gasteiger partial charge on any atom is -0.287 e. The number of rotatable bonds is 4. The number of carbonyl (C=O) groups excluding carboxylic acids is 1. The van der Waals surface area contributed by atoms with Crippen molar-refractivity contribution in [3.63, 3.8) is 0 Å². The van der Waals surface area contributed by atoms with E-state index >= 15 is 0 Å². The minimum absolute atomic E-state index is 0.166. The summed E-state index contributed by atoms with van der Waals surface area (Å²) in [4.78, 5) is 22.2. The van der Waals surface area contributed by atoms with Gasteiger partial charge in [-0.3, -0.25) is 19.6 Å². The second-order valence-corrected chi connectivity index (χ2v) is 4.87. The molecule has 0 unspecified atom stereocenters. The summed E-state index contributed by atoms with van der Waals surface area (Å²) in [6, 6.07) is 7.35. The standard InChI is InChI=1S/C13H10BrN3O3/c1-16-8-11(17(19)20)13(15-16)12(18)7-6-9-4-2-3-5-10(9)14/h2-8H,1H3/b7-6+. The van der Waals surface area contributed by atoms with E-state index in [0.29, 0.717) is 0 Å². The largest absolute Gasteiger partial charge is 0.318 e. The molecule has 0 radical (unpaired) electrons. The number of nitro groups is 1. The average molecular weight is 336 g/mol. The van der Waals surface area contributed by atoms with Gasteiger partial charge in [-0.05, 0) is 23.8 Å². The molecule has 0 saturated carbocycles. The van der Waals surface area contributed by atoms with E-state index in [-0.39, 0.29) is 11.4 Å². The predicted molar refractivity (Wildman–Crippen MR) is 77.4 cm³/mol. The Morgan fingerprint density at radius 2 is 2.15 bits per heavy atom. The second-order valence-electron chi connectivity index (χ2n) is 4.01. The van der Waals surface area contributed by atoms with E-state index < -0.39 is 10.7 Å². The first-order valence-electron chi connectivity index (χ1n) is 5.64. The van der Waals surface area contributed by atoms with Gasteiger partial charge in [0.15, 0.2) is 0 Å². The highest BCUT2D eigenvalue weighted by Gasteiger charge is 2.22. The number of nitrogens with zero attached hydrogens (tertiary/aromatic N) is 3. The predicted octanol–water partition coefficient (Wildman–Crippen LogP) is 2.99. The molecular weight excluding hydrogens is 326 g/mol. The summed E-state index contributed by atoms with van der Waals surface area (Å²) in [5, 5.41) is 14.7. The monoisotopic (exact) mass is 335 g/mol. The molecule has 2 aromatic rings. The fraction of sp³-hybridized carbons (Fsp3) is 0.0769. The molecule has 1 aromatic carbocycles. The Labute approximate surface area is 123 Å². The average Bonchev–Trinajstić information content (AvgIpc) is 2.80. The lowest BCUT2D eigenvalue weighted by molar-refractivity contribution is -0.385. The zero-order valence-corrected chi connectivity index (χ0v) is 12.1. The molecule has 20 heavy (non-hydrogen) atoms. The Balaban J connectivity index is 2.29. The van der Waals surface area contributed by atoms with E-state index in [1.54, 1.807) is 6.08 Å². The molecule has 0 amide bonds. The smallest absolute Gasteiger partial charge is 0.287 e. The Morgan fingerprint density at radius 1 is 1.45 bits per heavy atom. The van der Waals surface area contributed by atoms with E-state index in [0.717, 1.165) is 10.0 Å². The Morgan fingerprint density at radius 3 is 2.80 bits per heavy atom. The van der Waals surface area contributed by atoms with Gasteiger partial charge in [0, 0.05) is 11.5 Å². The highest BCUT2D eigenvalue weighted by Crippen LogP contribution is 2.20. The molecule has 7 heteroatoms. The van der Waals surface area contributed by atoms with E-state index in [4.69, 9.17) is 0 Å². The molecule has 1 heterocycles. The molecule has 0 bridgehead atoms. The molecule has 0 aliphatic rings. The van der Waals surface area contributed by atoms with Gasteiger partial charge in [0.25, 0.3) is 0 Å². The normalized spacial score (nSPS) is 10.9. The van der Waals surface area contributed by atoms with Crippen LogP contribution in [0.15, 0.2) is 41.0 Å². The van der Waals surface area contributed by atoms with Gasteiger partial charge < -0.3 is 0 Å². The lowest BCUT2D eigenvalue weighted by atomic mass is 10.1. The Bertz CT molecular complexity index is 707. The summed E-state index contributed by atoms with van der Waals surface area (Å²) >= 11 is 3.35. The summed E-state index contributed by atoms with van der Waals surface area (Å²) in [6.45, 7) is 0. The van der Waals surface area contributed by atoms with Gasteiger partial charge in [-0.1, -0.05) is 34.1 Å². The summed E-state index contributed by atoms with van der Waals surface area (Å²) in [6.07, 6.45) is 4.07. The third-order valence-electron chi connectivity index (χ3n) is 2.56. The van der Waals surface area contributed by atoms with Crippen molar-refractivity contribution in [3.05, 3.63) is 62.4 Å². The van der Waals surface area contributed by atoms with Crippen molar-refractivity contribution in [1.29, 1.82) is 0 Å². The van der Waals surface area contributed by atoms with Crippen LogP contribution in [0.4, 0.5) is 5.69 Å². The number of hydrogen-bond acceptors (Lipinski definition) is 4. The van der Waals surface area contributed by atoms with Gasteiger partial charge in [0.05, 0.1) is 4.92 Å². The number of aryl methyl sites for hydroxylation is 1. The molecule has 0 fully saturated rings. The van der Waals surface area contributed by atoms with E-state index in [2.05, 4.69) is 21.0 Å². The SMILES string of the molecule is Cn1cc([N+](=O)[O-])c(C(=O)/C=C/c2ccccc2Br)n1. The molecule has 6 nitrogen and oxygen atoms in total. The van der Waals surface area contributed by atoms with Crippen molar-refractivity contribution in [2.75, 3.05) is 0 Å². The number of ketones is 1. The van der Waals surface area contributed by atoms with E-state index in [9.17, 15) is 14.9 Å². The molecule has 102 valence electrons. The topological polar surface area (TPSA) is 78.0 Å². The van der Waals surface area contributed by atoms with Crippen molar-refractivity contribution in [2.45, 2.75) is 0 Å². The molecule has 0 spiro atoms. The molecule has 1 aromatic heterocycles. The molecule has 0 aliphatic carbocycles. The third-order valence-corrected chi connectivity index (χ3v) is 3.28. The molecule has 0 aliphatic heterocycles.